The lowest BCUT2D eigenvalue weighted by Gasteiger charge is -2.60. The van der Waals surface area contributed by atoms with E-state index in [1.807, 2.05) is 4.90 Å². The molecule has 0 radical (unpaired) electrons. The van der Waals surface area contributed by atoms with Gasteiger partial charge in [-0.3, -0.25) is 4.79 Å². The summed E-state index contributed by atoms with van der Waals surface area (Å²) in [5.41, 5.74) is 5.53. The van der Waals surface area contributed by atoms with Crippen LogP contribution in [0.1, 0.15) is 38.5 Å². The first kappa shape index (κ1) is 18.5. The Balaban J connectivity index is 1.57. The Hall–Kier alpha value is -1.54. The number of morpholine rings is 1. The zero-order valence-corrected chi connectivity index (χ0v) is 15.5. The maximum atomic E-state index is 14.9. The summed E-state index contributed by atoms with van der Waals surface area (Å²) in [7, 11) is 0. The highest BCUT2D eigenvalue weighted by atomic mass is 19.2. The number of carbonyl (C=O) groups is 2. The predicted octanol–water partition coefficient (Wildman–Crippen LogP) is 1.58. The predicted molar refractivity (Wildman–Crippen MR) is 94.7 cm³/mol. The van der Waals surface area contributed by atoms with Gasteiger partial charge in [-0.1, -0.05) is 25.7 Å². The number of carboxylic acid groups (broad SMARTS) is 1. The molecule has 4 fully saturated rings. The molecule has 5 rings (SSSR count). The van der Waals surface area contributed by atoms with Crippen molar-refractivity contribution in [1.29, 1.82) is 0 Å². The summed E-state index contributed by atoms with van der Waals surface area (Å²) in [5.74, 6) is -2.12. The summed E-state index contributed by atoms with van der Waals surface area (Å²) >= 11 is 0. The minimum Gasteiger partial charge on any atom is -0.478 e. The van der Waals surface area contributed by atoms with Crippen molar-refractivity contribution in [2.75, 3.05) is 0 Å². The highest BCUT2D eigenvalue weighted by Gasteiger charge is 2.62. The number of carboxylic acids is 1. The van der Waals surface area contributed by atoms with Crippen molar-refractivity contribution in [2.45, 2.75) is 81.2 Å². The lowest BCUT2D eigenvalue weighted by atomic mass is 9.64. The number of rotatable bonds is 1. The molecule has 6 nitrogen and oxygen atoms in total. The van der Waals surface area contributed by atoms with Gasteiger partial charge in [0.05, 0.1) is 30.1 Å². The monoisotopic (exact) mass is 396 g/mol. The van der Waals surface area contributed by atoms with E-state index in [-0.39, 0.29) is 17.7 Å². The number of ether oxygens (including phenoxy) is 1. The second-order valence-corrected chi connectivity index (χ2v) is 9.12. The van der Waals surface area contributed by atoms with Crippen LogP contribution in [0.25, 0.3) is 0 Å². The van der Waals surface area contributed by atoms with Gasteiger partial charge in [0.2, 0.25) is 0 Å². The molecule has 0 spiro atoms. The van der Waals surface area contributed by atoms with E-state index in [0.29, 0.717) is 11.8 Å². The van der Waals surface area contributed by atoms with Gasteiger partial charge in [0.15, 0.2) is 12.0 Å². The number of halogens is 2. The van der Waals surface area contributed by atoms with Crippen molar-refractivity contribution in [3.8, 4) is 0 Å². The first-order valence-corrected chi connectivity index (χ1v) is 10.3. The quantitative estimate of drug-likeness (QED) is 0.654. The zero-order chi connectivity index (χ0) is 19.7. The normalized spacial score (nSPS) is 50.2. The highest BCUT2D eigenvalue weighted by Crippen LogP contribution is 2.50. The van der Waals surface area contributed by atoms with Crippen LogP contribution in [0.2, 0.25) is 0 Å². The highest BCUT2D eigenvalue weighted by molar-refractivity contribution is 6.18. The van der Waals surface area contributed by atoms with Crippen molar-refractivity contribution in [3.05, 3.63) is 11.8 Å². The Kier molecular flexibility index (Phi) is 4.28. The molecule has 0 bridgehead atoms. The Morgan fingerprint density at radius 2 is 1.86 bits per heavy atom. The van der Waals surface area contributed by atoms with Gasteiger partial charge < -0.3 is 20.5 Å². The molecule has 0 amide bonds. The number of Topliss-reactive ketones (excluding diaryl/α,β-unsaturated/α-hetero) is 1. The van der Waals surface area contributed by atoms with Crippen LogP contribution in [0.5, 0.6) is 0 Å². The first-order valence-electron chi connectivity index (χ1n) is 10.3. The summed E-state index contributed by atoms with van der Waals surface area (Å²) in [6.45, 7) is 0. The molecule has 10 atom stereocenters. The van der Waals surface area contributed by atoms with Crippen molar-refractivity contribution < 1.29 is 28.2 Å². The molecule has 8 heteroatoms. The molecule has 3 saturated carbocycles. The zero-order valence-electron chi connectivity index (χ0n) is 15.5. The van der Waals surface area contributed by atoms with Crippen LogP contribution in [0, 0.1) is 17.8 Å². The van der Waals surface area contributed by atoms with Gasteiger partial charge in [0.25, 0.3) is 0 Å². The summed E-state index contributed by atoms with van der Waals surface area (Å²) in [6, 6.07) is -2.24. The molecular weight excluding hydrogens is 370 g/mol. The largest absolute Gasteiger partial charge is 0.478 e. The van der Waals surface area contributed by atoms with Gasteiger partial charge in [-0.25, -0.2) is 13.6 Å². The number of alkyl halides is 2. The van der Waals surface area contributed by atoms with Gasteiger partial charge in [-0.15, -0.1) is 0 Å². The third kappa shape index (κ3) is 2.49. The van der Waals surface area contributed by atoms with Crippen molar-refractivity contribution in [3.63, 3.8) is 0 Å². The molecule has 0 aromatic heterocycles. The number of aliphatic carboxylic acids is 1. The smallest absolute Gasteiger partial charge is 0.340 e. The van der Waals surface area contributed by atoms with Gasteiger partial charge >= 0.3 is 5.97 Å². The van der Waals surface area contributed by atoms with Crippen LogP contribution in [0.15, 0.2) is 11.8 Å². The van der Waals surface area contributed by atoms with Crippen LogP contribution in [-0.4, -0.2) is 64.4 Å². The number of carbonyl (C=O) groups excluding carboxylic acids is 1. The molecule has 154 valence electrons. The molecule has 3 N–H and O–H groups in total. The summed E-state index contributed by atoms with van der Waals surface area (Å²) in [4.78, 5) is 26.3. The standard InChI is InChI=1S/C20H26F2N2O4/c21-14-15(22)19-17-13(16(14)23)18(25)10(20(26)27)7-24(17)11-5-8-3-1-2-4-9(8)6-12(11)28-19/h7-9,11-17,19H,1-6,23H2,(H,26,27). The van der Waals surface area contributed by atoms with Gasteiger partial charge in [-0.2, -0.15) is 0 Å². The molecule has 2 aliphatic heterocycles. The third-order valence-corrected chi connectivity index (χ3v) is 7.82. The first-order chi connectivity index (χ1) is 13.4. The summed E-state index contributed by atoms with van der Waals surface area (Å²) in [6.07, 6.45) is 2.24. The fourth-order valence-corrected chi connectivity index (χ4v) is 6.49. The topological polar surface area (TPSA) is 92.9 Å². The average molecular weight is 396 g/mol. The molecule has 0 aromatic carbocycles. The third-order valence-electron chi connectivity index (χ3n) is 7.82. The Bertz CT molecular complexity index is 731. The van der Waals surface area contributed by atoms with Crippen LogP contribution in [0.4, 0.5) is 8.78 Å². The number of hydrogen-bond acceptors (Lipinski definition) is 5. The van der Waals surface area contributed by atoms with E-state index in [0.717, 1.165) is 25.7 Å². The van der Waals surface area contributed by atoms with Crippen molar-refractivity contribution in [1.82, 2.24) is 4.90 Å². The van der Waals surface area contributed by atoms with Gasteiger partial charge in [0, 0.05) is 6.20 Å². The average Bonchev–Trinajstić information content (AvgIpc) is 2.68. The van der Waals surface area contributed by atoms with Crippen LogP contribution in [-0.2, 0) is 14.3 Å². The second-order valence-electron chi connectivity index (χ2n) is 9.12. The van der Waals surface area contributed by atoms with Crippen LogP contribution < -0.4 is 5.73 Å². The molecule has 10 unspecified atom stereocenters. The van der Waals surface area contributed by atoms with E-state index in [4.69, 9.17) is 10.5 Å². The summed E-state index contributed by atoms with van der Waals surface area (Å²) in [5, 5.41) is 9.53. The van der Waals surface area contributed by atoms with Crippen molar-refractivity contribution in [2.24, 2.45) is 23.5 Å². The Labute approximate surface area is 162 Å². The molecule has 28 heavy (non-hydrogen) atoms. The fraction of sp³-hybridized carbons (Fsp3) is 0.800. The van der Waals surface area contributed by atoms with Crippen molar-refractivity contribution >= 4 is 11.8 Å². The molecule has 3 aliphatic carbocycles. The SMILES string of the molecule is NC1C(F)C(F)C2OC3CC4CCCCC4CC3N3C=C(C(=O)O)C(=O)C1C23. The van der Waals surface area contributed by atoms with Crippen LogP contribution >= 0.6 is 0 Å². The molecule has 5 aliphatic rings. The molecular formula is C20H26F2N2O4. The molecule has 1 saturated heterocycles. The van der Waals surface area contributed by atoms with Gasteiger partial charge in [0.1, 0.15) is 17.8 Å². The van der Waals surface area contributed by atoms with E-state index in [1.165, 1.54) is 19.0 Å². The lowest BCUT2D eigenvalue weighted by Crippen LogP contribution is -2.75. The van der Waals surface area contributed by atoms with Gasteiger partial charge in [-0.05, 0) is 24.7 Å². The number of ketones is 1. The maximum Gasteiger partial charge on any atom is 0.340 e. The minimum absolute atomic E-state index is 0.124. The Morgan fingerprint density at radius 3 is 2.54 bits per heavy atom. The van der Waals surface area contributed by atoms with E-state index >= 15 is 0 Å². The summed E-state index contributed by atoms with van der Waals surface area (Å²) < 4.78 is 35.6. The number of hydrogen-bond donors (Lipinski definition) is 2. The van der Waals surface area contributed by atoms with E-state index in [9.17, 15) is 23.5 Å². The fourth-order valence-electron chi connectivity index (χ4n) is 6.49. The number of fused-ring (bicyclic) bond motifs is 3. The number of nitrogens with two attached hydrogens (primary N) is 1. The van der Waals surface area contributed by atoms with E-state index in [1.54, 1.807) is 0 Å². The Morgan fingerprint density at radius 1 is 1.18 bits per heavy atom. The van der Waals surface area contributed by atoms with E-state index in [2.05, 4.69) is 0 Å². The maximum absolute atomic E-state index is 14.9. The lowest BCUT2D eigenvalue weighted by molar-refractivity contribution is -0.222. The minimum atomic E-state index is -2.05. The van der Waals surface area contributed by atoms with Crippen LogP contribution in [0.3, 0.4) is 0 Å². The second kappa shape index (κ2) is 6.49. The molecule has 2 heterocycles. The van der Waals surface area contributed by atoms with E-state index < -0.39 is 48.2 Å². The molecule has 0 aromatic rings. The number of nitrogens with zero attached hydrogens (tertiary/aromatic N) is 1.